The summed E-state index contributed by atoms with van der Waals surface area (Å²) in [5.41, 5.74) is 0. The van der Waals surface area contributed by atoms with E-state index < -0.39 is 41.1 Å². The number of aldehydes is 1. The summed E-state index contributed by atoms with van der Waals surface area (Å²) >= 11 is -2.35. The summed E-state index contributed by atoms with van der Waals surface area (Å²) < 4.78 is 27.2. The molecule has 0 unspecified atom stereocenters. The van der Waals surface area contributed by atoms with Crippen molar-refractivity contribution in [2.24, 2.45) is 11.8 Å². The molecule has 0 aliphatic carbocycles. The van der Waals surface area contributed by atoms with E-state index >= 15 is 0 Å². The van der Waals surface area contributed by atoms with Gasteiger partial charge >= 0.3 is 202 Å². The molecular weight excluding hydrogens is 771 g/mol. The molecule has 0 aromatic carbocycles. The van der Waals surface area contributed by atoms with Crippen LogP contribution in [0.5, 0.6) is 0 Å². The Labute approximate surface area is 323 Å². The maximum atomic E-state index is 13.4. The summed E-state index contributed by atoms with van der Waals surface area (Å²) in [6, 6.07) is 0. The molecule has 0 saturated heterocycles. The summed E-state index contributed by atoms with van der Waals surface area (Å²) in [6.07, 6.45) is 21.6. The molecule has 0 fully saturated rings. The van der Waals surface area contributed by atoms with Crippen molar-refractivity contribution < 1.29 is 23.2 Å². The Balaban J connectivity index is 6.31. The maximum absolute atomic E-state index is 13.4. The molecule has 0 radical (unpaired) electrons. The van der Waals surface area contributed by atoms with Crippen molar-refractivity contribution in [1.82, 2.24) is 0 Å². The monoisotopic (exact) mass is 854 g/mol. The summed E-state index contributed by atoms with van der Waals surface area (Å²) in [7, 11) is -4.20. The van der Waals surface area contributed by atoms with Crippen LogP contribution in [0, 0.1) is 11.8 Å². The molecule has 0 aliphatic rings. The van der Waals surface area contributed by atoms with Crippen molar-refractivity contribution in [1.29, 1.82) is 0 Å². The molecule has 5 nitrogen and oxygen atoms in total. The fourth-order valence-corrected chi connectivity index (χ4v) is 23.1. The van der Waals surface area contributed by atoms with E-state index in [0.717, 1.165) is 6.29 Å². The van der Waals surface area contributed by atoms with Crippen LogP contribution in [0.1, 0.15) is 128 Å². The Kier molecular flexibility index (Phi) is 23.6. The van der Waals surface area contributed by atoms with Gasteiger partial charge in [-0.1, -0.05) is 41.5 Å². The van der Waals surface area contributed by atoms with E-state index in [1.54, 1.807) is 6.08 Å². The molecule has 0 aliphatic heterocycles. The SMILES string of the molecule is CCC[CH2][Sn](\[CH]=C/C=C/C=C\C(=O)O[C@H]([C@@H](C)[C@H](C[C@@H](C)O[Si](C)(C)C(C)(C)C)O[Si](C)(C)C(C)(C)C)[C@@H](C)/C=C\C=O)([CH2]CCC)[CH2]CCC. The van der Waals surface area contributed by atoms with Gasteiger partial charge in [-0.2, -0.15) is 0 Å². The van der Waals surface area contributed by atoms with E-state index in [9.17, 15) is 9.59 Å². The molecule has 0 aromatic rings. The summed E-state index contributed by atoms with van der Waals surface area (Å²) in [6.45, 7) is 35.9. The first-order valence-corrected chi connectivity index (χ1v) is 33.8. The topological polar surface area (TPSA) is 61.8 Å². The number of rotatable bonds is 25. The van der Waals surface area contributed by atoms with E-state index in [-0.39, 0.29) is 40.1 Å². The van der Waals surface area contributed by atoms with E-state index in [4.69, 9.17) is 13.6 Å². The third-order valence-corrected chi connectivity index (χ3v) is 34.8. The molecule has 0 amide bonds. The second kappa shape index (κ2) is 23.9. The molecule has 296 valence electrons. The molecule has 0 aromatic heterocycles. The van der Waals surface area contributed by atoms with Crippen LogP contribution < -0.4 is 0 Å². The van der Waals surface area contributed by atoms with Crippen LogP contribution >= 0.6 is 0 Å². The first-order valence-electron chi connectivity index (χ1n) is 20.2. The number of esters is 1. The summed E-state index contributed by atoms with van der Waals surface area (Å²) in [5.74, 6) is -0.703. The van der Waals surface area contributed by atoms with Gasteiger partial charge in [0.15, 0.2) is 16.6 Å². The Hall–Kier alpha value is -0.748. The zero-order chi connectivity index (χ0) is 39.5. The standard InChI is InChI=1S/C31H55O5Si2.3C4H9.Sn/c1-15-16-17-18-21-28(33)34-29(24(2)20-19-22-32)26(4)27(36-38(13,14)31(8,9)10)23-25(3)35-37(11,12)30(5,6)7;3*1-3-4-2;/h1,15-22,24-27,29H,23H2,2-14H3;3*1,3-4H2,2H3;/b15-1?,17-16+,20-19-,21-18-;;;;/t24-,25+,26-,27-,29-;;;;/m0..../s1. The van der Waals surface area contributed by atoms with Crippen molar-refractivity contribution in [2.45, 2.75) is 196 Å². The average Bonchev–Trinajstić information content (AvgIpc) is 3.02. The zero-order valence-electron chi connectivity index (χ0n) is 36.2. The Morgan fingerprint density at radius 3 is 1.63 bits per heavy atom. The first kappa shape index (κ1) is 50.3. The molecule has 0 bridgehead atoms. The Bertz CT molecular complexity index is 1090. The van der Waals surface area contributed by atoms with E-state index in [2.05, 4.69) is 119 Å². The van der Waals surface area contributed by atoms with E-state index in [0.29, 0.717) is 6.42 Å². The predicted octanol–water partition coefficient (Wildman–Crippen LogP) is 13.2. The second-order valence-corrected chi connectivity index (χ2v) is 40.8. The normalized spacial score (nSPS) is 17.0. The van der Waals surface area contributed by atoms with Crippen molar-refractivity contribution in [2.75, 3.05) is 0 Å². The van der Waals surface area contributed by atoms with Crippen molar-refractivity contribution in [3.05, 3.63) is 46.6 Å². The van der Waals surface area contributed by atoms with Crippen LogP contribution in [0.2, 0.25) is 49.6 Å². The van der Waals surface area contributed by atoms with Gasteiger partial charge in [0, 0.05) is 6.10 Å². The van der Waals surface area contributed by atoms with Gasteiger partial charge in [-0.05, 0) is 43.2 Å². The van der Waals surface area contributed by atoms with Crippen LogP contribution in [0.3, 0.4) is 0 Å². The zero-order valence-corrected chi connectivity index (χ0v) is 41.0. The minimum atomic E-state index is -2.35. The third kappa shape index (κ3) is 18.9. The summed E-state index contributed by atoms with van der Waals surface area (Å²) in [5, 5.41) is 0.106. The first-order chi connectivity index (χ1) is 23.5. The molecule has 0 heterocycles. The van der Waals surface area contributed by atoms with Crippen LogP contribution in [-0.4, -0.2) is 65.6 Å². The van der Waals surface area contributed by atoms with Gasteiger partial charge in [-0.3, -0.25) is 4.79 Å². The molecule has 51 heavy (non-hydrogen) atoms. The summed E-state index contributed by atoms with van der Waals surface area (Å²) in [4.78, 5) is 24.7. The van der Waals surface area contributed by atoms with Gasteiger partial charge in [0.25, 0.3) is 0 Å². The number of hydrogen-bond acceptors (Lipinski definition) is 5. The van der Waals surface area contributed by atoms with E-state index in [1.165, 1.54) is 64.0 Å². The molecule has 0 spiro atoms. The number of carbonyl (C=O) groups excluding carboxylic acids is 2. The quantitative estimate of drug-likeness (QED) is 0.0301. The Morgan fingerprint density at radius 1 is 0.706 bits per heavy atom. The number of allylic oxidation sites excluding steroid dienone is 5. The van der Waals surface area contributed by atoms with Crippen molar-refractivity contribution in [3.8, 4) is 0 Å². The van der Waals surface area contributed by atoms with Gasteiger partial charge in [0.2, 0.25) is 0 Å². The number of unbranched alkanes of at least 4 members (excludes halogenated alkanes) is 3. The van der Waals surface area contributed by atoms with Gasteiger partial charge in [-0.25, -0.2) is 0 Å². The number of carbonyl (C=O) groups is 2. The van der Waals surface area contributed by atoms with Crippen molar-refractivity contribution >= 4 is 47.3 Å². The van der Waals surface area contributed by atoms with Gasteiger partial charge < -0.3 is 4.43 Å². The van der Waals surface area contributed by atoms with Gasteiger partial charge in [-0.15, -0.1) is 0 Å². The molecule has 8 heteroatoms. The third-order valence-electron chi connectivity index (χ3n) is 11.6. The predicted molar refractivity (Wildman–Crippen MR) is 230 cm³/mol. The number of hydrogen-bond donors (Lipinski definition) is 0. The number of ether oxygens (including phenoxy) is 1. The minimum absolute atomic E-state index is 0.0126. The average molecular weight is 854 g/mol. The molecular formula is C43H82O5Si2Sn. The fourth-order valence-electron chi connectivity index (χ4n) is 6.12. The molecule has 0 N–H and O–H groups in total. The van der Waals surface area contributed by atoms with Gasteiger partial charge in [0.05, 0.1) is 0 Å². The van der Waals surface area contributed by atoms with E-state index in [1.807, 2.05) is 19.1 Å². The van der Waals surface area contributed by atoms with Crippen LogP contribution in [0.4, 0.5) is 0 Å². The Morgan fingerprint density at radius 2 is 1.18 bits per heavy atom. The molecule has 0 saturated carbocycles. The van der Waals surface area contributed by atoms with Crippen LogP contribution in [-0.2, 0) is 23.2 Å². The molecule has 5 atom stereocenters. The fraction of sp³-hybridized carbons (Fsp3) is 0.767. The second-order valence-electron chi connectivity index (χ2n) is 18.3. The van der Waals surface area contributed by atoms with Crippen LogP contribution in [0.25, 0.3) is 0 Å². The molecule has 0 rings (SSSR count). The van der Waals surface area contributed by atoms with Crippen molar-refractivity contribution in [3.63, 3.8) is 0 Å². The van der Waals surface area contributed by atoms with Crippen LogP contribution in [0.15, 0.2) is 46.6 Å². The van der Waals surface area contributed by atoms with Gasteiger partial charge in [0.1, 0.15) is 6.29 Å².